The Balaban J connectivity index is 1.89. The molecular formula is C24H27N5O5S2. The third-order valence-electron chi connectivity index (χ3n) is 6.14. The van der Waals surface area contributed by atoms with Crippen LogP contribution in [0.25, 0.3) is 11.7 Å². The van der Waals surface area contributed by atoms with Crippen LogP contribution in [-0.4, -0.2) is 69.2 Å². The number of ether oxygens (including phenoxy) is 1. The molecule has 2 aliphatic rings. The summed E-state index contributed by atoms with van der Waals surface area (Å²) in [5, 5.41) is 2.76. The number of anilines is 1. The van der Waals surface area contributed by atoms with E-state index in [0.717, 1.165) is 30.2 Å². The lowest BCUT2D eigenvalue weighted by Crippen LogP contribution is -2.57. The molecule has 4 rings (SSSR count). The van der Waals surface area contributed by atoms with Crippen LogP contribution in [0.1, 0.15) is 37.3 Å². The number of hydrogen-bond acceptors (Lipinski definition) is 9. The Bertz CT molecular complexity index is 1340. The molecule has 1 N–H and O–H groups in total. The third-order valence-corrected chi connectivity index (χ3v) is 7.52. The van der Waals surface area contributed by atoms with E-state index >= 15 is 0 Å². The van der Waals surface area contributed by atoms with Crippen LogP contribution in [0.2, 0.25) is 0 Å². The third kappa shape index (κ3) is 4.87. The van der Waals surface area contributed by atoms with Crippen molar-refractivity contribution in [2.75, 3.05) is 31.6 Å². The van der Waals surface area contributed by atoms with Crippen molar-refractivity contribution in [3.05, 3.63) is 44.7 Å². The maximum Gasteiger partial charge on any atom is 0.308 e. The van der Waals surface area contributed by atoms with Gasteiger partial charge in [0.2, 0.25) is 5.91 Å². The van der Waals surface area contributed by atoms with Gasteiger partial charge in [-0.3, -0.25) is 28.5 Å². The first kappa shape index (κ1) is 25.8. The van der Waals surface area contributed by atoms with E-state index in [0.29, 0.717) is 34.5 Å². The largest absolute Gasteiger partial charge is 0.469 e. The molecule has 0 aromatic carbocycles. The smallest absolute Gasteiger partial charge is 0.308 e. The van der Waals surface area contributed by atoms with Crippen molar-refractivity contribution in [1.82, 2.24) is 19.6 Å². The highest BCUT2D eigenvalue weighted by atomic mass is 32.2. The van der Waals surface area contributed by atoms with E-state index in [-0.39, 0.29) is 35.2 Å². The first-order chi connectivity index (χ1) is 17.3. The predicted molar refractivity (Wildman–Crippen MR) is 142 cm³/mol. The number of unbranched alkanes of at least 4 members (excludes halogenated alkanes) is 1. The number of carbonyl (C=O) groups is 3. The molecular weight excluding hydrogens is 502 g/mol. The molecule has 2 amide bonds. The Hall–Kier alpha value is -3.25. The van der Waals surface area contributed by atoms with Gasteiger partial charge < -0.3 is 15.0 Å². The molecule has 190 valence electrons. The Morgan fingerprint density at radius 2 is 2.14 bits per heavy atom. The van der Waals surface area contributed by atoms with Crippen molar-refractivity contribution in [1.29, 1.82) is 0 Å². The first-order valence-corrected chi connectivity index (χ1v) is 12.9. The highest BCUT2D eigenvalue weighted by Gasteiger charge is 2.36. The molecule has 36 heavy (non-hydrogen) atoms. The number of rotatable bonds is 7. The Morgan fingerprint density at radius 1 is 1.36 bits per heavy atom. The van der Waals surface area contributed by atoms with Gasteiger partial charge in [-0.1, -0.05) is 43.4 Å². The number of carbonyl (C=O) groups excluding carboxylic acids is 3. The van der Waals surface area contributed by atoms with Gasteiger partial charge in [-0.05, 0) is 31.1 Å². The minimum Gasteiger partial charge on any atom is -0.469 e. The molecule has 2 fully saturated rings. The van der Waals surface area contributed by atoms with E-state index < -0.39 is 12.0 Å². The van der Waals surface area contributed by atoms with Crippen LogP contribution in [0.15, 0.2) is 28.0 Å². The summed E-state index contributed by atoms with van der Waals surface area (Å²) in [4.78, 5) is 60.0. The van der Waals surface area contributed by atoms with Crippen molar-refractivity contribution in [3.8, 4) is 0 Å². The van der Waals surface area contributed by atoms with Gasteiger partial charge in [-0.2, -0.15) is 0 Å². The number of thiocarbonyl (C=S) groups is 1. The van der Waals surface area contributed by atoms with E-state index in [1.807, 2.05) is 19.9 Å². The van der Waals surface area contributed by atoms with E-state index in [2.05, 4.69) is 5.32 Å². The van der Waals surface area contributed by atoms with Crippen molar-refractivity contribution in [2.24, 2.45) is 0 Å². The summed E-state index contributed by atoms with van der Waals surface area (Å²) in [6.07, 6.45) is 4.62. The van der Waals surface area contributed by atoms with Gasteiger partial charge in [0.1, 0.15) is 21.8 Å². The van der Waals surface area contributed by atoms with Crippen LogP contribution in [0.3, 0.4) is 0 Å². The molecule has 10 nitrogen and oxygen atoms in total. The second-order valence-corrected chi connectivity index (χ2v) is 10.2. The number of hydrogen-bond donors (Lipinski definition) is 1. The molecule has 2 aromatic rings. The SMILES string of the molecule is CCCCN1C(=O)/C(=C/c2c(N3CCNC(=O)[C@@H]3CC(=O)OC)nc3c(C)cccn3c2=O)SC1=S. The van der Waals surface area contributed by atoms with E-state index in [4.69, 9.17) is 21.9 Å². The van der Waals surface area contributed by atoms with E-state index in [1.165, 1.54) is 17.6 Å². The van der Waals surface area contributed by atoms with Crippen molar-refractivity contribution < 1.29 is 19.1 Å². The quantitative estimate of drug-likeness (QED) is 0.326. The fraction of sp³-hybridized carbons (Fsp3) is 0.417. The average Bonchev–Trinajstić information content (AvgIpc) is 3.13. The summed E-state index contributed by atoms with van der Waals surface area (Å²) >= 11 is 6.55. The second kappa shape index (κ2) is 10.8. The number of aromatic nitrogens is 2. The molecule has 0 bridgehead atoms. The summed E-state index contributed by atoms with van der Waals surface area (Å²) in [5.41, 5.74) is 0.950. The zero-order valence-electron chi connectivity index (χ0n) is 20.3. The Morgan fingerprint density at radius 3 is 2.86 bits per heavy atom. The van der Waals surface area contributed by atoms with Gasteiger partial charge in [0.05, 0.1) is 24.0 Å². The lowest BCUT2D eigenvalue weighted by atomic mass is 10.1. The van der Waals surface area contributed by atoms with Crippen molar-refractivity contribution in [2.45, 2.75) is 39.2 Å². The summed E-state index contributed by atoms with van der Waals surface area (Å²) in [5.74, 6) is -0.957. The Labute approximate surface area is 217 Å². The fourth-order valence-corrected chi connectivity index (χ4v) is 5.49. The van der Waals surface area contributed by atoms with Gasteiger partial charge in [0, 0.05) is 25.8 Å². The monoisotopic (exact) mass is 529 g/mol. The number of nitrogens with zero attached hydrogens (tertiary/aromatic N) is 4. The van der Waals surface area contributed by atoms with E-state index in [9.17, 15) is 19.2 Å². The molecule has 0 radical (unpaired) electrons. The van der Waals surface area contributed by atoms with Crippen LogP contribution in [-0.2, 0) is 19.1 Å². The summed E-state index contributed by atoms with van der Waals surface area (Å²) in [6, 6.07) is 2.66. The second-order valence-electron chi connectivity index (χ2n) is 8.51. The maximum atomic E-state index is 13.7. The van der Waals surface area contributed by atoms with Gasteiger partial charge in [-0.25, -0.2) is 4.98 Å². The number of amides is 2. The number of thioether (sulfide) groups is 1. The topological polar surface area (TPSA) is 113 Å². The number of pyridine rings is 1. The van der Waals surface area contributed by atoms with Crippen molar-refractivity contribution >= 4 is 63.6 Å². The average molecular weight is 530 g/mol. The minimum atomic E-state index is -0.921. The first-order valence-electron chi connectivity index (χ1n) is 11.6. The maximum absolute atomic E-state index is 13.7. The normalized spacial score (nSPS) is 19.4. The standard InChI is InChI=1S/C24H27N5O5S2/c1-4-5-9-29-23(33)17(36-24(29)35)12-15-20(26-19-14(2)7-6-10-28(19)22(15)32)27-11-8-25-21(31)16(27)13-18(30)34-3/h6-7,10,12,16H,4-5,8-9,11,13H2,1-3H3,(H,25,31)/b17-12-/t16-/m0/s1. The zero-order valence-corrected chi connectivity index (χ0v) is 21.9. The van der Waals surface area contributed by atoms with Gasteiger partial charge in [0.25, 0.3) is 11.5 Å². The number of aryl methyl sites for hydroxylation is 1. The van der Waals surface area contributed by atoms with Gasteiger partial charge in [0.15, 0.2) is 0 Å². The molecule has 0 saturated carbocycles. The van der Waals surface area contributed by atoms with E-state index in [1.54, 1.807) is 22.1 Å². The molecule has 4 heterocycles. The molecule has 2 aromatic heterocycles. The molecule has 2 saturated heterocycles. The molecule has 1 atom stereocenters. The van der Waals surface area contributed by atoms with Crippen LogP contribution in [0.5, 0.6) is 0 Å². The van der Waals surface area contributed by atoms with Crippen LogP contribution in [0, 0.1) is 6.92 Å². The molecule has 0 aliphatic carbocycles. The lowest BCUT2D eigenvalue weighted by Gasteiger charge is -2.36. The Kier molecular flexibility index (Phi) is 7.74. The fourth-order valence-electron chi connectivity index (χ4n) is 4.20. The highest BCUT2D eigenvalue weighted by Crippen LogP contribution is 2.34. The zero-order chi connectivity index (χ0) is 26.0. The predicted octanol–water partition coefficient (Wildman–Crippen LogP) is 1.87. The lowest BCUT2D eigenvalue weighted by molar-refractivity contribution is -0.143. The highest BCUT2D eigenvalue weighted by molar-refractivity contribution is 8.26. The summed E-state index contributed by atoms with van der Waals surface area (Å²) < 4.78 is 6.65. The number of piperazine rings is 1. The molecule has 12 heteroatoms. The number of fused-ring (bicyclic) bond motifs is 1. The number of methoxy groups -OCH3 is 1. The number of nitrogens with one attached hydrogen (secondary N) is 1. The molecule has 0 spiro atoms. The van der Waals surface area contributed by atoms with Crippen LogP contribution < -0.4 is 15.8 Å². The van der Waals surface area contributed by atoms with Crippen molar-refractivity contribution in [3.63, 3.8) is 0 Å². The molecule has 0 unspecified atom stereocenters. The molecule has 2 aliphatic heterocycles. The minimum absolute atomic E-state index is 0.152. The van der Waals surface area contributed by atoms with Gasteiger partial charge >= 0.3 is 5.97 Å². The summed E-state index contributed by atoms with van der Waals surface area (Å²) in [6.45, 7) is 5.00. The number of esters is 1. The summed E-state index contributed by atoms with van der Waals surface area (Å²) in [7, 11) is 1.25. The van der Waals surface area contributed by atoms with Crippen LogP contribution in [0.4, 0.5) is 5.82 Å². The van der Waals surface area contributed by atoms with Crippen LogP contribution >= 0.6 is 24.0 Å². The van der Waals surface area contributed by atoms with Gasteiger partial charge in [-0.15, -0.1) is 0 Å².